The Labute approximate surface area is 150 Å². The molecule has 4 rings (SSSR count). The average molecular weight is 363 g/mol. The van der Waals surface area contributed by atoms with Crippen LogP contribution in [0, 0.1) is 5.92 Å². The molecule has 0 amide bonds. The third-order valence-corrected chi connectivity index (χ3v) is 4.83. The van der Waals surface area contributed by atoms with Gasteiger partial charge in [-0.1, -0.05) is 18.2 Å². The maximum absolute atomic E-state index is 12.7. The van der Waals surface area contributed by atoms with E-state index in [-0.39, 0.29) is 6.04 Å². The Morgan fingerprint density at radius 3 is 2.31 bits per heavy atom. The third-order valence-electron chi connectivity index (χ3n) is 4.83. The zero-order chi connectivity index (χ0) is 18.1. The Morgan fingerprint density at radius 1 is 0.962 bits per heavy atom. The molecule has 2 aromatic rings. The van der Waals surface area contributed by atoms with Crippen LogP contribution in [0.5, 0.6) is 11.5 Å². The number of rotatable bonds is 5. The Morgan fingerprint density at radius 2 is 1.65 bits per heavy atom. The molecule has 0 spiro atoms. The number of benzene rings is 2. The Bertz CT molecular complexity index is 770. The molecule has 3 nitrogen and oxygen atoms in total. The van der Waals surface area contributed by atoms with Crippen LogP contribution in [0.15, 0.2) is 42.5 Å². The van der Waals surface area contributed by atoms with Gasteiger partial charge in [0.05, 0.1) is 5.56 Å². The molecule has 0 bridgehead atoms. The maximum atomic E-state index is 12.7. The van der Waals surface area contributed by atoms with Crippen molar-refractivity contribution < 1.29 is 22.6 Å². The molecule has 1 atom stereocenters. The minimum absolute atomic E-state index is 0.160. The van der Waals surface area contributed by atoms with Crippen molar-refractivity contribution in [2.45, 2.75) is 31.6 Å². The first-order valence-electron chi connectivity index (χ1n) is 8.80. The molecule has 1 saturated carbocycles. The van der Waals surface area contributed by atoms with Crippen LogP contribution in [0.2, 0.25) is 0 Å². The van der Waals surface area contributed by atoms with Crippen molar-refractivity contribution >= 4 is 0 Å². The van der Waals surface area contributed by atoms with Crippen molar-refractivity contribution in [1.29, 1.82) is 0 Å². The van der Waals surface area contributed by atoms with Crippen molar-refractivity contribution in [3.05, 3.63) is 59.2 Å². The molecule has 138 valence electrons. The van der Waals surface area contributed by atoms with Gasteiger partial charge in [-0.05, 0) is 54.2 Å². The quantitative estimate of drug-likeness (QED) is 0.834. The predicted octanol–water partition coefficient (Wildman–Crippen LogP) is 4.72. The van der Waals surface area contributed by atoms with Crippen molar-refractivity contribution in [2.75, 3.05) is 13.2 Å². The lowest BCUT2D eigenvalue weighted by Gasteiger charge is -2.23. The van der Waals surface area contributed by atoms with Crippen LogP contribution in [0.25, 0.3) is 0 Å². The number of ether oxygens (including phenoxy) is 2. The molecule has 0 aromatic heterocycles. The van der Waals surface area contributed by atoms with Crippen LogP contribution in [0.3, 0.4) is 0 Å². The SMILES string of the molecule is FC(F)(F)c1ccc(CNC(c2ccc3c(c2)OCCO3)C2CC2)cc1. The Hall–Kier alpha value is -2.21. The second-order valence-corrected chi connectivity index (χ2v) is 6.79. The zero-order valence-corrected chi connectivity index (χ0v) is 14.2. The van der Waals surface area contributed by atoms with E-state index >= 15 is 0 Å². The molecule has 2 aromatic carbocycles. The summed E-state index contributed by atoms with van der Waals surface area (Å²) in [6, 6.07) is 11.5. The molecule has 0 radical (unpaired) electrons. The topological polar surface area (TPSA) is 30.5 Å². The monoisotopic (exact) mass is 363 g/mol. The lowest BCUT2D eigenvalue weighted by atomic mass is 10.0. The second kappa shape index (κ2) is 6.83. The van der Waals surface area contributed by atoms with Crippen LogP contribution < -0.4 is 14.8 Å². The van der Waals surface area contributed by atoms with Gasteiger partial charge < -0.3 is 14.8 Å². The highest BCUT2D eigenvalue weighted by Crippen LogP contribution is 2.43. The van der Waals surface area contributed by atoms with Crippen LogP contribution in [-0.4, -0.2) is 13.2 Å². The Kier molecular flexibility index (Phi) is 4.53. The van der Waals surface area contributed by atoms with Gasteiger partial charge in [0, 0.05) is 12.6 Å². The van der Waals surface area contributed by atoms with E-state index in [4.69, 9.17) is 9.47 Å². The molecular formula is C20H20F3NO2. The van der Waals surface area contributed by atoms with Crippen LogP contribution in [-0.2, 0) is 12.7 Å². The smallest absolute Gasteiger partial charge is 0.416 e. The summed E-state index contributed by atoms with van der Waals surface area (Å²) in [4.78, 5) is 0. The number of fused-ring (bicyclic) bond motifs is 1. The van der Waals surface area contributed by atoms with Crippen LogP contribution in [0.1, 0.15) is 35.6 Å². The minimum Gasteiger partial charge on any atom is -0.486 e. The van der Waals surface area contributed by atoms with Crippen LogP contribution >= 0.6 is 0 Å². The number of alkyl halides is 3. The first-order chi connectivity index (χ1) is 12.5. The molecule has 1 aliphatic heterocycles. The first kappa shape index (κ1) is 17.2. The summed E-state index contributed by atoms with van der Waals surface area (Å²) in [6.07, 6.45) is -1.99. The van der Waals surface area contributed by atoms with E-state index in [0.717, 1.165) is 47.6 Å². The van der Waals surface area contributed by atoms with Crippen molar-refractivity contribution in [3.8, 4) is 11.5 Å². The molecule has 1 N–H and O–H groups in total. The zero-order valence-electron chi connectivity index (χ0n) is 14.2. The molecule has 0 saturated heterocycles. The maximum Gasteiger partial charge on any atom is 0.416 e. The van der Waals surface area contributed by atoms with Crippen molar-refractivity contribution in [3.63, 3.8) is 0 Å². The van der Waals surface area contributed by atoms with Crippen molar-refractivity contribution in [1.82, 2.24) is 5.32 Å². The van der Waals surface area contributed by atoms with Gasteiger partial charge in [-0.25, -0.2) is 0 Å². The van der Waals surface area contributed by atoms with Gasteiger partial charge in [0.2, 0.25) is 0 Å². The minimum atomic E-state index is -4.30. The molecule has 1 aliphatic carbocycles. The fraction of sp³-hybridized carbons (Fsp3) is 0.400. The number of halogens is 3. The first-order valence-corrected chi connectivity index (χ1v) is 8.80. The molecule has 26 heavy (non-hydrogen) atoms. The molecule has 2 aliphatic rings. The summed E-state index contributed by atoms with van der Waals surface area (Å²) in [6.45, 7) is 1.63. The largest absolute Gasteiger partial charge is 0.486 e. The summed E-state index contributed by atoms with van der Waals surface area (Å²) in [5.74, 6) is 2.07. The van der Waals surface area contributed by atoms with Crippen molar-refractivity contribution in [2.24, 2.45) is 5.92 Å². The van der Waals surface area contributed by atoms with Gasteiger partial charge in [0.15, 0.2) is 11.5 Å². The summed E-state index contributed by atoms with van der Waals surface area (Å²) in [7, 11) is 0. The van der Waals surface area contributed by atoms with Gasteiger partial charge in [-0.15, -0.1) is 0 Å². The molecular weight excluding hydrogens is 343 g/mol. The molecule has 6 heteroatoms. The van der Waals surface area contributed by atoms with Gasteiger partial charge in [0.25, 0.3) is 0 Å². The second-order valence-electron chi connectivity index (χ2n) is 6.79. The van der Waals surface area contributed by atoms with E-state index in [1.165, 1.54) is 12.1 Å². The normalized spacial score (nSPS) is 17.8. The van der Waals surface area contributed by atoms with E-state index < -0.39 is 11.7 Å². The predicted molar refractivity (Wildman–Crippen MR) is 91.2 cm³/mol. The number of nitrogens with one attached hydrogen (secondary N) is 1. The number of hydrogen-bond donors (Lipinski definition) is 1. The van der Waals surface area contributed by atoms with E-state index in [2.05, 4.69) is 5.32 Å². The highest BCUT2D eigenvalue weighted by atomic mass is 19.4. The molecule has 1 unspecified atom stereocenters. The average Bonchev–Trinajstić information content (AvgIpc) is 3.46. The fourth-order valence-electron chi connectivity index (χ4n) is 3.28. The Balaban J connectivity index is 1.46. The summed E-state index contributed by atoms with van der Waals surface area (Å²) < 4.78 is 49.2. The lowest BCUT2D eigenvalue weighted by molar-refractivity contribution is -0.137. The third kappa shape index (κ3) is 3.80. The molecule has 1 fully saturated rings. The fourth-order valence-corrected chi connectivity index (χ4v) is 3.28. The van der Waals surface area contributed by atoms with E-state index in [1.807, 2.05) is 18.2 Å². The lowest BCUT2D eigenvalue weighted by Crippen LogP contribution is -2.23. The van der Waals surface area contributed by atoms with Gasteiger partial charge >= 0.3 is 6.18 Å². The molecule has 1 heterocycles. The van der Waals surface area contributed by atoms with Gasteiger partial charge in [0.1, 0.15) is 13.2 Å². The van der Waals surface area contributed by atoms with E-state index in [1.54, 1.807) is 0 Å². The van der Waals surface area contributed by atoms with E-state index in [0.29, 0.717) is 25.7 Å². The van der Waals surface area contributed by atoms with Crippen LogP contribution in [0.4, 0.5) is 13.2 Å². The van der Waals surface area contributed by atoms with Gasteiger partial charge in [-0.3, -0.25) is 0 Å². The summed E-state index contributed by atoms with van der Waals surface area (Å²) in [5.41, 5.74) is 1.34. The van der Waals surface area contributed by atoms with E-state index in [9.17, 15) is 13.2 Å². The highest BCUT2D eigenvalue weighted by molar-refractivity contribution is 5.45. The summed E-state index contributed by atoms with van der Waals surface area (Å²) in [5, 5.41) is 3.50. The van der Waals surface area contributed by atoms with Gasteiger partial charge in [-0.2, -0.15) is 13.2 Å². The number of hydrogen-bond acceptors (Lipinski definition) is 3. The summed E-state index contributed by atoms with van der Waals surface area (Å²) >= 11 is 0. The highest BCUT2D eigenvalue weighted by Gasteiger charge is 2.33. The standard InChI is InChI=1S/C20H20F3NO2/c21-20(22,23)16-6-1-13(2-7-16)12-24-19(14-3-4-14)15-5-8-17-18(11-15)26-10-9-25-17/h1-2,5-8,11,14,19,24H,3-4,9-10,12H2.